The van der Waals surface area contributed by atoms with E-state index in [0.717, 1.165) is 23.6 Å². The van der Waals surface area contributed by atoms with E-state index in [1.165, 1.54) is 12.1 Å². The molecule has 1 aliphatic rings. The van der Waals surface area contributed by atoms with Crippen LogP contribution in [-0.2, 0) is 0 Å². The first-order valence-corrected chi connectivity index (χ1v) is 5.65. The van der Waals surface area contributed by atoms with E-state index in [4.69, 9.17) is 11.6 Å². The third-order valence-electron chi connectivity index (χ3n) is 3.03. The zero-order valence-electron chi connectivity index (χ0n) is 8.50. The lowest BCUT2D eigenvalue weighted by Crippen LogP contribution is -1.90. The molecule has 1 fully saturated rings. The van der Waals surface area contributed by atoms with Crippen molar-refractivity contribution in [2.45, 2.75) is 18.8 Å². The monoisotopic (exact) mass is 236 g/mol. The minimum absolute atomic E-state index is 0.117. The molecule has 1 saturated carbocycles. The van der Waals surface area contributed by atoms with Crippen LogP contribution in [0, 0.1) is 5.82 Å². The molecule has 3 heteroatoms. The quantitative estimate of drug-likeness (QED) is 0.786. The van der Waals surface area contributed by atoms with Gasteiger partial charge in [0.25, 0.3) is 0 Å². The highest BCUT2D eigenvalue weighted by Crippen LogP contribution is 2.46. The van der Waals surface area contributed by atoms with E-state index in [2.05, 4.69) is 0 Å². The molecule has 0 spiro atoms. The van der Waals surface area contributed by atoms with Crippen LogP contribution in [0.1, 0.15) is 24.3 Å². The molecule has 0 aromatic heterocycles. The van der Waals surface area contributed by atoms with Crippen LogP contribution < -0.4 is 0 Å². The van der Waals surface area contributed by atoms with Gasteiger partial charge in [0, 0.05) is 10.9 Å². The molecule has 0 radical (unpaired) electrons. The largest absolute Gasteiger partial charge is 0.508 e. The van der Waals surface area contributed by atoms with Crippen molar-refractivity contribution in [2.24, 2.45) is 0 Å². The number of phenols is 1. The molecule has 1 nitrogen and oxygen atoms in total. The fraction of sp³-hybridized carbons (Fsp3) is 0.231. The maximum Gasteiger partial charge on any atom is 0.127 e. The lowest BCUT2D eigenvalue weighted by molar-refractivity contribution is 0.476. The van der Waals surface area contributed by atoms with Gasteiger partial charge < -0.3 is 5.11 Å². The molecular formula is C13H10ClFO. The number of fused-ring (bicyclic) bond motifs is 1. The minimum Gasteiger partial charge on any atom is -0.508 e. The Bertz CT molecular complexity index is 576. The van der Waals surface area contributed by atoms with Gasteiger partial charge in [-0.3, -0.25) is 0 Å². The van der Waals surface area contributed by atoms with Crippen LogP contribution in [0.25, 0.3) is 10.8 Å². The molecule has 0 amide bonds. The van der Waals surface area contributed by atoms with Crippen LogP contribution in [0.4, 0.5) is 4.39 Å². The van der Waals surface area contributed by atoms with Gasteiger partial charge >= 0.3 is 0 Å². The SMILES string of the molecule is Oc1cc(Cl)c2c(C3CC3)c(F)ccc2c1. The topological polar surface area (TPSA) is 20.2 Å². The zero-order chi connectivity index (χ0) is 11.3. The second-order valence-electron chi connectivity index (χ2n) is 4.26. The maximum absolute atomic E-state index is 13.8. The number of rotatable bonds is 1. The second kappa shape index (κ2) is 3.36. The third kappa shape index (κ3) is 1.45. The summed E-state index contributed by atoms with van der Waals surface area (Å²) >= 11 is 6.08. The Labute approximate surface area is 97.5 Å². The molecule has 0 bridgehead atoms. The van der Waals surface area contributed by atoms with E-state index in [1.807, 2.05) is 0 Å². The van der Waals surface area contributed by atoms with Crippen LogP contribution in [0.3, 0.4) is 0 Å². The standard InChI is InChI=1S/C13H10ClFO/c14-10-6-9(16)5-8-3-4-11(15)13(12(8)10)7-1-2-7/h3-7,16H,1-2H2. The van der Waals surface area contributed by atoms with E-state index < -0.39 is 0 Å². The average molecular weight is 237 g/mol. The van der Waals surface area contributed by atoms with Gasteiger partial charge in [-0.2, -0.15) is 0 Å². The fourth-order valence-electron chi connectivity index (χ4n) is 2.17. The zero-order valence-corrected chi connectivity index (χ0v) is 9.26. The first kappa shape index (κ1) is 9.91. The van der Waals surface area contributed by atoms with Gasteiger partial charge in [0.05, 0.1) is 5.02 Å². The number of halogens is 2. The van der Waals surface area contributed by atoms with E-state index in [9.17, 15) is 9.50 Å². The van der Waals surface area contributed by atoms with Gasteiger partial charge in [0.15, 0.2) is 0 Å². The van der Waals surface area contributed by atoms with Crippen molar-refractivity contribution in [1.82, 2.24) is 0 Å². The average Bonchev–Trinajstić information content (AvgIpc) is 3.02. The summed E-state index contributed by atoms with van der Waals surface area (Å²) in [7, 11) is 0. The third-order valence-corrected chi connectivity index (χ3v) is 3.33. The van der Waals surface area contributed by atoms with Gasteiger partial charge in [-0.15, -0.1) is 0 Å². The Morgan fingerprint density at radius 2 is 2.00 bits per heavy atom. The van der Waals surface area contributed by atoms with Crippen LogP contribution in [0.2, 0.25) is 5.02 Å². The highest BCUT2D eigenvalue weighted by atomic mass is 35.5. The summed E-state index contributed by atoms with van der Waals surface area (Å²) in [6.07, 6.45) is 2.04. The van der Waals surface area contributed by atoms with Gasteiger partial charge in [-0.1, -0.05) is 17.7 Å². The molecule has 0 heterocycles. The van der Waals surface area contributed by atoms with Gasteiger partial charge in [0.2, 0.25) is 0 Å². The number of phenolic OH excluding ortho intramolecular Hbond substituents is 1. The van der Waals surface area contributed by atoms with Crippen molar-refractivity contribution in [3.8, 4) is 5.75 Å². The number of benzene rings is 2. The lowest BCUT2D eigenvalue weighted by Gasteiger charge is -2.09. The van der Waals surface area contributed by atoms with E-state index in [-0.39, 0.29) is 11.6 Å². The highest BCUT2D eigenvalue weighted by molar-refractivity contribution is 6.36. The molecule has 16 heavy (non-hydrogen) atoms. The van der Waals surface area contributed by atoms with Crippen LogP contribution in [0.15, 0.2) is 24.3 Å². The number of hydrogen-bond acceptors (Lipinski definition) is 1. The molecule has 0 aliphatic heterocycles. The fourth-order valence-corrected chi connectivity index (χ4v) is 2.49. The summed E-state index contributed by atoms with van der Waals surface area (Å²) in [5, 5.41) is 11.4. The first-order chi connectivity index (χ1) is 7.66. The summed E-state index contributed by atoms with van der Waals surface area (Å²) in [6.45, 7) is 0. The number of aromatic hydroxyl groups is 1. The van der Waals surface area contributed by atoms with Gasteiger partial charge in [-0.25, -0.2) is 4.39 Å². The first-order valence-electron chi connectivity index (χ1n) is 5.27. The minimum atomic E-state index is -0.192. The molecule has 2 aromatic carbocycles. The van der Waals surface area contributed by atoms with E-state index in [1.54, 1.807) is 12.1 Å². The summed E-state index contributed by atoms with van der Waals surface area (Å²) < 4.78 is 13.8. The Hall–Kier alpha value is -1.28. The summed E-state index contributed by atoms with van der Waals surface area (Å²) in [4.78, 5) is 0. The smallest absolute Gasteiger partial charge is 0.127 e. The van der Waals surface area contributed by atoms with Crippen molar-refractivity contribution >= 4 is 22.4 Å². The normalized spacial score (nSPS) is 15.6. The van der Waals surface area contributed by atoms with E-state index in [0.29, 0.717) is 16.5 Å². The highest BCUT2D eigenvalue weighted by Gasteiger charge is 2.29. The number of hydrogen-bond donors (Lipinski definition) is 1. The Kier molecular flexibility index (Phi) is 2.08. The Morgan fingerprint density at radius 3 is 2.69 bits per heavy atom. The molecule has 2 aromatic rings. The molecule has 0 saturated heterocycles. The van der Waals surface area contributed by atoms with E-state index >= 15 is 0 Å². The molecule has 3 rings (SSSR count). The van der Waals surface area contributed by atoms with Crippen molar-refractivity contribution in [1.29, 1.82) is 0 Å². The second-order valence-corrected chi connectivity index (χ2v) is 4.67. The predicted octanol–water partition coefficient (Wildman–Crippen LogP) is 4.22. The summed E-state index contributed by atoms with van der Waals surface area (Å²) in [5.41, 5.74) is 0.711. The van der Waals surface area contributed by atoms with Crippen LogP contribution in [0.5, 0.6) is 5.75 Å². The molecular weight excluding hydrogens is 227 g/mol. The maximum atomic E-state index is 13.8. The van der Waals surface area contributed by atoms with Gasteiger partial charge in [0.1, 0.15) is 11.6 Å². The van der Waals surface area contributed by atoms with Gasteiger partial charge in [-0.05, 0) is 42.3 Å². The molecule has 1 N–H and O–H groups in total. The van der Waals surface area contributed by atoms with Crippen molar-refractivity contribution < 1.29 is 9.50 Å². The van der Waals surface area contributed by atoms with Crippen molar-refractivity contribution in [3.05, 3.63) is 40.7 Å². The summed E-state index contributed by atoms with van der Waals surface area (Å²) in [5.74, 6) is 0.221. The molecule has 82 valence electrons. The predicted molar refractivity (Wildman–Crippen MR) is 62.6 cm³/mol. The lowest BCUT2D eigenvalue weighted by atomic mass is 10.00. The van der Waals surface area contributed by atoms with Crippen molar-refractivity contribution in [2.75, 3.05) is 0 Å². The van der Waals surface area contributed by atoms with Crippen LogP contribution in [-0.4, -0.2) is 5.11 Å². The molecule has 1 aliphatic carbocycles. The summed E-state index contributed by atoms with van der Waals surface area (Å²) in [6, 6.07) is 6.19. The molecule has 0 unspecified atom stereocenters. The van der Waals surface area contributed by atoms with Crippen LogP contribution >= 0.6 is 11.6 Å². The van der Waals surface area contributed by atoms with Crippen molar-refractivity contribution in [3.63, 3.8) is 0 Å². The Morgan fingerprint density at radius 1 is 1.25 bits per heavy atom. The Balaban J connectivity index is 2.41. The molecule has 0 atom stereocenters.